The first-order valence-electron chi connectivity index (χ1n) is 11.2. The van der Waals surface area contributed by atoms with Gasteiger partial charge < -0.3 is 12.3 Å². The second-order valence-corrected chi connectivity index (χ2v) is 30.0. The van der Waals surface area contributed by atoms with Gasteiger partial charge in [0.05, 0.1) is 0 Å². The number of alkyl halides is 3. The summed E-state index contributed by atoms with van der Waals surface area (Å²) in [6.45, 7) is 22.9. The third kappa shape index (κ3) is 11.5. The molecule has 0 aromatic heterocycles. The van der Waals surface area contributed by atoms with E-state index in [9.17, 15) is 0 Å². The van der Waals surface area contributed by atoms with Gasteiger partial charge in [0.1, 0.15) is 0 Å². The quantitative estimate of drug-likeness (QED) is 0.113. The molecule has 0 N–H and O–H groups in total. The van der Waals surface area contributed by atoms with Gasteiger partial charge in [-0.15, -0.1) is 0 Å². The lowest BCUT2D eigenvalue weighted by atomic mass is 10.1. The predicted molar refractivity (Wildman–Crippen MR) is 155 cm³/mol. The van der Waals surface area contributed by atoms with Crippen LogP contribution < -0.4 is 0 Å². The second kappa shape index (κ2) is 13.9. The summed E-state index contributed by atoms with van der Waals surface area (Å²) in [5, 5.41) is 2.83. The van der Waals surface area contributed by atoms with Crippen LogP contribution in [0.4, 0.5) is 0 Å². The maximum absolute atomic E-state index is 7.23. The van der Waals surface area contributed by atoms with Crippen molar-refractivity contribution >= 4 is 81.5 Å². The van der Waals surface area contributed by atoms with Crippen LogP contribution in [-0.2, 0) is 12.3 Å². The van der Waals surface area contributed by atoms with E-state index >= 15 is 0 Å². The Morgan fingerprint density at radius 2 is 0.900 bits per heavy atom. The molecule has 3 nitrogen and oxygen atoms in total. The summed E-state index contributed by atoms with van der Waals surface area (Å²) in [6.07, 6.45) is 4.14. The molecule has 30 heavy (non-hydrogen) atoms. The van der Waals surface area contributed by atoms with E-state index in [1.165, 1.54) is 0 Å². The molecule has 0 saturated carbocycles. The molecule has 0 aliphatic carbocycles. The Kier molecular flexibility index (Phi) is 14.9. The van der Waals surface area contributed by atoms with Crippen LogP contribution >= 0.6 is 47.8 Å². The maximum atomic E-state index is 7.23. The molecular formula is C20H46Br3O3Si4. The van der Waals surface area contributed by atoms with Gasteiger partial charge in [-0.3, -0.25) is 0 Å². The summed E-state index contributed by atoms with van der Waals surface area (Å²) < 4.78 is 21.7. The lowest BCUT2D eigenvalue weighted by molar-refractivity contribution is 0.206. The van der Waals surface area contributed by atoms with E-state index in [2.05, 4.69) is 108 Å². The van der Waals surface area contributed by atoms with E-state index in [4.69, 9.17) is 12.3 Å². The first-order valence-corrected chi connectivity index (χ1v) is 25.6. The number of hydrogen-bond donors (Lipinski definition) is 0. The Balaban J connectivity index is 6.27. The van der Waals surface area contributed by atoms with E-state index in [1.807, 2.05) is 0 Å². The first-order chi connectivity index (χ1) is 13.6. The molecule has 0 heterocycles. The van der Waals surface area contributed by atoms with E-state index in [0.717, 1.165) is 59.8 Å². The van der Waals surface area contributed by atoms with Gasteiger partial charge in [-0.1, -0.05) is 68.6 Å². The molecule has 0 bridgehead atoms. The van der Waals surface area contributed by atoms with Crippen molar-refractivity contribution in [1.29, 1.82) is 0 Å². The third-order valence-corrected chi connectivity index (χ3v) is 23.5. The Bertz CT molecular complexity index is 437. The van der Waals surface area contributed by atoms with Gasteiger partial charge in [-0.05, 0) is 83.1 Å². The second-order valence-electron chi connectivity index (χ2n) is 10.7. The molecule has 0 rings (SSSR count). The number of rotatable bonds is 17. The zero-order valence-corrected chi connectivity index (χ0v) is 29.4. The van der Waals surface area contributed by atoms with Crippen LogP contribution in [0.15, 0.2) is 0 Å². The van der Waals surface area contributed by atoms with Gasteiger partial charge >= 0.3 is 8.80 Å². The van der Waals surface area contributed by atoms with Gasteiger partial charge in [-0.25, -0.2) is 0 Å². The van der Waals surface area contributed by atoms with Crippen LogP contribution in [0.5, 0.6) is 0 Å². The molecule has 0 fully saturated rings. The summed E-state index contributed by atoms with van der Waals surface area (Å²) in [6, 6.07) is 3.33. The standard InChI is InChI=1S/C20H46Br3O3Si4/c1-10-20(2,3)30(24-27(4,5)17-11-14-21,25-28(6,7)18-12-15-22)26-29(8,9)19-13-16-23/h1,10-19H2,2-9H3. The summed E-state index contributed by atoms with van der Waals surface area (Å²) in [5.74, 6) is 0. The average Bonchev–Trinajstić information content (AvgIpc) is 2.61. The summed E-state index contributed by atoms with van der Waals surface area (Å²) in [5.41, 5.74) is 0. The summed E-state index contributed by atoms with van der Waals surface area (Å²) in [7, 11) is -8.91. The van der Waals surface area contributed by atoms with Crippen LogP contribution in [0.2, 0.25) is 62.5 Å². The molecular weight excluding hydrogens is 640 g/mol. The highest BCUT2D eigenvalue weighted by Gasteiger charge is 2.60. The lowest BCUT2D eigenvalue weighted by Gasteiger charge is -2.51. The van der Waals surface area contributed by atoms with Crippen LogP contribution in [0.1, 0.15) is 39.5 Å². The third-order valence-electron chi connectivity index (χ3n) is 5.42. The van der Waals surface area contributed by atoms with Gasteiger partial charge in [0.2, 0.25) is 0 Å². The van der Waals surface area contributed by atoms with Crippen molar-refractivity contribution in [3.63, 3.8) is 0 Å². The minimum absolute atomic E-state index is 0.205. The average molecular weight is 687 g/mol. The molecule has 0 aromatic carbocycles. The van der Waals surface area contributed by atoms with Gasteiger partial charge in [0, 0.05) is 21.0 Å². The van der Waals surface area contributed by atoms with Crippen molar-refractivity contribution in [3.8, 4) is 0 Å². The molecule has 10 heteroatoms. The minimum atomic E-state index is -3.00. The molecule has 181 valence electrons. The Labute approximate surface area is 217 Å². The smallest absolute Gasteiger partial charge is 0.416 e. The highest BCUT2D eigenvalue weighted by Crippen LogP contribution is 2.47. The molecule has 0 amide bonds. The molecule has 0 atom stereocenters. The largest absolute Gasteiger partial charge is 0.475 e. The van der Waals surface area contributed by atoms with Crippen molar-refractivity contribution < 1.29 is 12.3 Å². The van der Waals surface area contributed by atoms with Gasteiger partial charge in [0.25, 0.3) is 0 Å². The van der Waals surface area contributed by atoms with E-state index in [-0.39, 0.29) is 5.04 Å². The molecule has 1 radical (unpaired) electrons. The monoisotopic (exact) mass is 683 g/mol. The molecule has 0 aliphatic rings. The van der Waals surface area contributed by atoms with Gasteiger partial charge in [0.15, 0.2) is 25.0 Å². The van der Waals surface area contributed by atoms with E-state index < -0.39 is 33.8 Å². The van der Waals surface area contributed by atoms with Crippen molar-refractivity contribution in [2.45, 2.75) is 102 Å². The summed E-state index contributed by atoms with van der Waals surface area (Å²) in [4.78, 5) is 0. The Morgan fingerprint density at radius 3 is 1.10 bits per heavy atom. The zero-order valence-electron chi connectivity index (χ0n) is 20.6. The summed E-state index contributed by atoms with van der Waals surface area (Å²) >= 11 is 10.8. The Hall–Kier alpha value is 2.19. The fourth-order valence-corrected chi connectivity index (χ4v) is 24.0. The van der Waals surface area contributed by atoms with Crippen LogP contribution in [0.3, 0.4) is 0 Å². The topological polar surface area (TPSA) is 27.7 Å². The fraction of sp³-hybridized carbons (Fsp3) is 0.950. The van der Waals surface area contributed by atoms with Gasteiger partial charge in [-0.2, -0.15) is 0 Å². The number of hydrogen-bond acceptors (Lipinski definition) is 3. The van der Waals surface area contributed by atoms with E-state index in [0.29, 0.717) is 0 Å². The maximum Gasteiger partial charge on any atom is 0.475 e. The van der Waals surface area contributed by atoms with Crippen LogP contribution in [0.25, 0.3) is 0 Å². The van der Waals surface area contributed by atoms with Crippen LogP contribution in [0, 0.1) is 6.92 Å². The molecule has 0 unspecified atom stereocenters. The lowest BCUT2D eigenvalue weighted by Crippen LogP contribution is -2.66. The van der Waals surface area contributed by atoms with Crippen molar-refractivity contribution in [2.75, 3.05) is 16.0 Å². The number of halogens is 3. The Morgan fingerprint density at radius 1 is 0.633 bits per heavy atom. The zero-order chi connectivity index (χ0) is 23.7. The molecule has 0 aromatic rings. The molecule has 0 aliphatic heterocycles. The van der Waals surface area contributed by atoms with Crippen molar-refractivity contribution in [1.82, 2.24) is 0 Å². The SMILES string of the molecule is [CH2]CC(C)(C)[Si](O[Si](C)(C)CCCBr)(O[Si](C)(C)CCCBr)O[Si](C)(C)CCCBr. The molecule has 0 spiro atoms. The van der Waals surface area contributed by atoms with E-state index in [1.54, 1.807) is 0 Å². The van der Waals surface area contributed by atoms with Crippen molar-refractivity contribution in [2.24, 2.45) is 0 Å². The highest BCUT2D eigenvalue weighted by molar-refractivity contribution is 9.09. The predicted octanol–water partition coefficient (Wildman–Crippen LogP) is 8.95. The molecule has 0 saturated heterocycles. The highest BCUT2D eigenvalue weighted by atomic mass is 79.9. The van der Waals surface area contributed by atoms with Crippen molar-refractivity contribution in [3.05, 3.63) is 6.92 Å². The minimum Gasteiger partial charge on any atom is -0.416 e. The normalized spacial score (nSPS) is 14.4. The van der Waals surface area contributed by atoms with Crippen LogP contribution in [-0.4, -0.2) is 49.7 Å². The first kappa shape index (κ1) is 32.2. The fourth-order valence-electron chi connectivity index (χ4n) is 3.35.